The summed E-state index contributed by atoms with van der Waals surface area (Å²) in [6, 6.07) is 2.68. The lowest BCUT2D eigenvalue weighted by Crippen LogP contribution is -2.24. The molecule has 1 N–H and O–H groups in total. The predicted molar refractivity (Wildman–Crippen MR) is 83.7 cm³/mol. The van der Waals surface area contributed by atoms with E-state index in [9.17, 15) is 13.2 Å². The van der Waals surface area contributed by atoms with Gasteiger partial charge in [-0.3, -0.25) is 4.79 Å². The molecule has 1 aromatic rings. The Hall–Kier alpha value is -0.310. The summed E-state index contributed by atoms with van der Waals surface area (Å²) >= 11 is 6.42. The Morgan fingerprint density at radius 1 is 1.35 bits per heavy atom. The Kier molecular flexibility index (Phi) is 6.77. The fraction of sp³-hybridized carbons (Fsp3) is 0.364. The van der Waals surface area contributed by atoms with Crippen molar-refractivity contribution in [3.8, 4) is 5.75 Å². The van der Waals surface area contributed by atoms with Crippen LogP contribution in [0.5, 0.6) is 5.75 Å². The van der Waals surface area contributed by atoms with E-state index in [-0.39, 0.29) is 23.8 Å². The first-order chi connectivity index (χ1) is 9.25. The maximum absolute atomic E-state index is 11.3. The standard InChI is InChI=1S/C11H12Br2ClNO4S/c1-2-15-10(16)3-4-19-11-8(12)5-7(6-9(11)13)20(14,17)18/h5-6H,2-4H2,1H3,(H,15,16). The molecule has 0 unspecified atom stereocenters. The third kappa shape index (κ3) is 5.23. The molecule has 0 radical (unpaired) electrons. The van der Waals surface area contributed by atoms with E-state index < -0.39 is 9.05 Å². The molecule has 1 aromatic carbocycles. The number of hydrogen-bond donors (Lipinski definition) is 1. The summed E-state index contributed by atoms with van der Waals surface area (Å²) < 4.78 is 28.8. The van der Waals surface area contributed by atoms with E-state index in [1.54, 1.807) is 0 Å². The molecular formula is C11H12Br2ClNO4S. The van der Waals surface area contributed by atoms with E-state index in [1.165, 1.54) is 12.1 Å². The predicted octanol–water partition coefficient (Wildman–Crippen LogP) is 3.04. The van der Waals surface area contributed by atoms with Crippen LogP contribution in [0.25, 0.3) is 0 Å². The fourth-order valence-corrected chi connectivity index (χ4v) is 3.85. The first-order valence-electron chi connectivity index (χ1n) is 5.59. The molecule has 0 spiro atoms. The number of carbonyl (C=O) groups excluding carboxylic acids is 1. The highest BCUT2D eigenvalue weighted by Crippen LogP contribution is 2.36. The van der Waals surface area contributed by atoms with E-state index >= 15 is 0 Å². The van der Waals surface area contributed by atoms with Crippen molar-refractivity contribution in [2.24, 2.45) is 0 Å². The molecule has 0 aliphatic heterocycles. The average molecular weight is 450 g/mol. The van der Waals surface area contributed by atoms with Gasteiger partial charge >= 0.3 is 0 Å². The normalized spacial score (nSPS) is 11.2. The molecule has 20 heavy (non-hydrogen) atoms. The second kappa shape index (κ2) is 7.63. The van der Waals surface area contributed by atoms with Crippen LogP contribution in [0.2, 0.25) is 0 Å². The Morgan fingerprint density at radius 2 is 1.90 bits per heavy atom. The quantitative estimate of drug-likeness (QED) is 0.678. The summed E-state index contributed by atoms with van der Waals surface area (Å²) in [5.41, 5.74) is 0. The van der Waals surface area contributed by atoms with E-state index in [0.717, 1.165) is 0 Å². The maximum atomic E-state index is 11.3. The van der Waals surface area contributed by atoms with Crippen molar-refractivity contribution in [1.29, 1.82) is 0 Å². The Morgan fingerprint density at radius 3 is 2.35 bits per heavy atom. The minimum Gasteiger partial charge on any atom is -0.491 e. The van der Waals surface area contributed by atoms with E-state index in [1.807, 2.05) is 6.92 Å². The number of halogens is 3. The Bertz CT molecular complexity index is 583. The van der Waals surface area contributed by atoms with Crippen LogP contribution in [-0.2, 0) is 13.8 Å². The van der Waals surface area contributed by atoms with Gasteiger partial charge in [-0.2, -0.15) is 0 Å². The molecular weight excluding hydrogens is 437 g/mol. The molecule has 0 heterocycles. The van der Waals surface area contributed by atoms with E-state index in [4.69, 9.17) is 15.4 Å². The Balaban J connectivity index is 2.80. The largest absolute Gasteiger partial charge is 0.491 e. The number of carbonyl (C=O) groups is 1. The molecule has 0 bridgehead atoms. The van der Waals surface area contributed by atoms with Crippen LogP contribution in [0, 0.1) is 0 Å². The zero-order chi connectivity index (χ0) is 15.3. The molecule has 0 atom stereocenters. The van der Waals surface area contributed by atoms with Gasteiger partial charge in [-0.15, -0.1) is 0 Å². The number of ether oxygens (including phenoxy) is 1. The summed E-state index contributed by atoms with van der Waals surface area (Å²) in [5, 5.41) is 2.65. The molecule has 0 aliphatic carbocycles. The second-order valence-electron chi connectivity index (χ2n) is 3.71. The van der Waals surface area contributed by atoms with Crippen LogP contribution in [0.4, 0.5) is 0 Å². The first kappa shape index (κ1) is 17.7. The Labute approximate surface area is 138 Å². The number of nitrogens with one attached hydrogen (secondary N) is 1. The van der Waals surface area contributed by atoms with Crippen molar-refractivity contribution in [2.75, 3.05) is 13.2 Å². The van der Waals surface area contributed by atoms with Crippen LogP contribution < -0.4 is 10.1 Å². The van der Waals surface area contributed by atoms with E-state index in [2.05, 4.69) is 37.2 Å². The van der Waals surface area contributed by atoms with Crippen molar-refractivity contribution in [2.45, 2.75) is 18.2 Å². The van der Waals surface area contributed by atoms with Gasteiger partial charge in [0.2, 0.25) is 5.91 Å². The summed E-state index contributed by atoms with van der Waals surface area (Å²) in [6.07, 6.45) is 0.211. The van der Waals surface area contributed by atoms with Crippen molar-refractivity contribution in [3.63, 3.8) is 0 Å². The van der Waals surface area contributed by atoms with E-state index in [0.29, 0.717) is 21.2 Å². The van der Waals surface area contributed by atoms with Gasteiger partial charge in [0.25, 0.3) is 9.05 Å². The lowest BCUT2D eigenvalue weighted by atomic mass is 10.3. The third-order valence-electron chi connectivity index (χ3n) is 2.20. The highest BCUT2D eigenvalue weighted by molar-refractivity contribution is 9.11. The molecule has 1 amide bonds. The van der Waals surface area contributed by atoms with Gasteiger partial charge in [0.05, 0.1) is 26.9 Å². The van der Waals surface area contributed by atoms with Crippen molar-refractivity contribution < 1.29 is 17.9 Å². The number of hydrogen-bond acceptors (Lipinski definition) is 4. The number of amides is 1. The summed E-state index contributed by atoms with van der Waals surface area (Å²) in [6.45, 7) is 2.57. The zero-order valence-electron chi connectivity index (χ0n) is 10.5. The highest BCUT2D eigenvalue weighted by atomic mass is 79.9. The number of benzene rings is 1. The monoisotopic (exact) mass is 447 g/mol. The lowest BCUT2D eigenvalue weighted by Gasteiger charge is -2.11. The van der Waals surface area contributed by atoms with Crippen LogP contribution >= 0.6 is 42.5 Å². The molecule has 9 heteroatoms. The number of rotatable bonds is 6. The first-order valence-corrected chi connectivity index (χ1v) is 9.48. The van der Waals surface area contributed by atoms with Gasteiger partial charge in [0.1, 0.15) is 5.75 Å². The smallest absolute Gasteiger partial charge is 0.261 e. The van der Waals surface area contributed by atoms with Crippen molar-refractivity contribution >= 4 is 57.5 Å². The zero-order valence-corrected chi connectivity index (χ0v) is 15.2. The highest BCUT2D eigenvalue weighted by Gasteiger charge is 2.16. The van der Waals surface area contributed by atoms with Crippen LogP contribution in [-0.4, -0.2) is 27.5 Å². The second-order valence-corrected chi connectivity index (χ2v) is 7.98. The van der Waals surface area contributed by atoms with Crippen LogP contribution in [0.15, 0.2) is 26.0 Å². The van der Waals surface area contributed by atoms with Gasteiger partial charge in [-0.05, 0) is 50.9 Å². The van der Waals surface area contributed by atoms with Crippen LogP contribution in [0.3, 0.4) is 0 Å². The molecule has 0 aromatic heterocycles. The minimum absolute atomic E-state index is 0.0472. The van der Waals surface area contributed by atoms with Gasteiger partial charge < -0.3 is 10.1 Å². The molecule has 0 saturated heterocycles. The lowest BCUT2D eigenvalue weighted by molar-refractivity contribution is -0.121. The van der Waals surface area contributed by atoms with Crippen molar-refractivity contribution in [1.82, 2.24) is 5.32 Å². The SMILES string of the molecule is CCNC(=O)CCOc1c(Br)cc(S(=O)(=O)Cl)cc1Br. The molecule has 0 fully saturated rings. The van der Waals surface area contributed by atoms with Gasteiger partial charge in [-0.1, -0.05) is 0 Å². The topological polar surface area (TPSA) is 72.5 Å². The fourth-order valence-electron chi connectivity index (χ4n) is 1.35. The summed E-state index contributed by atoms with van der Waals surface area (Å²) in [7, 11) is 1.46. The molecule has 0 aliphatic rings. The van der Waals surface area contributed by atoms with Gasteiger partial charge in [0, 0.05) is 17.2 Å². The third-order valence-corrected chi connectivity index (χ3v) is 4.71. The summed E-state index contributed by atoms with van der Waals surface area (Å²) in [4.78, 5) is 11.2. The van der Waals surface area contributed by atoms with Crippen molar-refractivity contribution in [3.05, 3.63) is 21.1 Å². The molecule has 1 rings (SSSR count). The van der Waals surface area contributed by atoms with Gasteiger partial charge in [0.15, 0.2) is 0 Å². The van der Waals surface area contributed by atoms with Crippen LogP contribution in [0.1, 0.15) is 13.3 Å². The molecule has 0 saturated carbocycles. The van der Waals surface area contributed by atoms with Gasteiger partial charge in [-0.25, -0.2) is 8.42 Å². The molecule has 112 valence electrons. The maximum Gasteiger partial charge on any atom is 0.261 e. The molecule has 5 nitrogen and oxygen atoms in total. The minimum atomic E-state index is -3.81. The summed E-state index contributed by atoms with van der Waals surface area (Å²) in [5.74, 6) is 0.304. The average Bonchev–Trinajstić information content (AvgIpc) is 2.31.